The first kappa shape index (κ1) is 18.4. The molecule has 1 unspecified atom stereocenters. The van der Waals surface area contributed by atoms with Crippen LogP contribution in [0.5, 0.6) is 5.75 Å². The molecule has 0 saturated carbocycles. The van der Waals surface area contributed by atoms with E-state index in [0.29, 0.717) is 37.1 Å². The van der Waals surface area contributed by atoms with Gasteiger partial charge in [-0.3, -0.25) is 9.79 Å². The Kier molecular flexibility index (Phi) is 4.08. The summed E-state index contributed by atoms with van der Waals surface area (Å²) in [5.74, 6) is 1.13. The summed E-state index contributed by atoms with van der Waals surface area (Å²) in [6.45, 7) is 3.21. The van der Waals surface area contributed by atoms with Crippen molar-refractivity contribution in [2.24, 2.45) is 4.99 Å². The van der Waals surface area contributed by atoms with E-state index in [1.807, 2.05) is 19.1 Å². The van der Waals surface area contributed by atoms with Crippen LogP contribution in [0.3, 0.4) is 0 Å². The Morgan fingerprint density at radius 2 is 2.10 bits per heavy atom. The van der Waals surface area contributed by atoms with E-state index in [1.54, 1.807) is 24.2 Å². The molecule has 0 spiro atoms. The van der Waals surface area contributed by atoms with E-state index in [1.165, 1.54) is 0 Å². The van der Waals surface area contributed by atoms with Crippen LogP contribution >= 0.6 is 11.6 Å². The Morgan fingerprint density at radius 1 is 1.31 bits per heavy atom. The van der Waals surface area contributed by atoms with Crippen molar-refractivity contribution in [3.8, 4) is 5.75 Å². The standard InChI is InChI=1S/C21H21ClN4O3/c1-21(6-13-14-8-28-9-15(14)19(23)25-16(13)7-24-21)20(27)26(2)17-10-29-18-5-11(22)3-4-12(17)18/h3-5,7,17H,6,8-10H2,1-2H3,(H2,23,25)/t17-,21?/m1/s1. The predicted molar refractivity (Wildman–Crippen MR) is 109 cm³/mol. The van der Waals surface area contributed by atoms with Gasteiger partial charge in [0.15, 0.2) is 0 Å². The van der Waals surface area contributed by atoms with E-state index in [-0.39, 0.29) is 11.9 Å². The highest BCUT2D eigenvalue weighted by atomic mass is 35.5. The third-order valence-corrected chi connectivity index (χ3v) is 6.29. The number of rotatable bonds is 2. The van der Waals surface area contributed by atoms with E-state index in [0.717, 1.165) is 33.7 Å². The second-order valence-electron chi connectivity index (χ2n) is 7.94. The van der Waals surface area contributed by atoms with E-state index in [2.05, 4.69) is 9.98 Å². The fourth-order valence-corrected chi connectivity index (χ4v) is 4.55. The molecule has 7 nitrogen and oxygen atoms in total. The second kappa shape index (κ2) is 6.43. The molecule has 1 amide bonds. The average Bonchev–Trinajstić information content (AvgIpc) is 3.35. The van der Waals surface area contributed by atoms with Crippen molar-refractivity contribution in [3.05, 3.63) is 51.2 Å². The first-order valence-corrected chi connectivity index (χ1v) is 9.88. The topological polar surface area (TPSA) is 90.0 Å². The fraction of sp³-hybridized carbons (Fsp3) is 0.381. The number of nitrogen functional groups attached to an aromatic ring is 1. The summed E-state index contributed by atoms with van der Waals surface area (Å²) in [6.07, 6.45) is 2.13. The molecule has 2 N–H and O–H groups in total. The lowest BCUT2D eigenvalue weighted by Crippen LogP contribution is -2.48. The molecular formula is C21H21ClN4O3. The molecule has 8 heteroatoms. The van der Waals surface area contributed by atoms with Gasteiger partial charge in [-0.25, -0.2) is 4.98 Å². The van der Waals surface area contributed by atoms with Gasteiger partial charge in [-0.2, -0.15) is 0 Å². The summed E-state index contributed by atoms with van der Waals surface area (Å²) in [7, 11) is 1.80. The first-order valence-electron chi connectivity index (χ1n) is 9.50. The number of benzene rings is 1. The number of nitrogens with two attached hydrogens (primary N) is 1. The number of anilines is 1. The molecule has 0 bridgehead atoms. The Morgan fingerprint density at radius 3 is 2.93 bits per heavy atom. The van der Waals surface area contributed by atoms with Crippen LogP contribution in [-0.4, -0.2) is 41.2 Å². The summed E-state index contributed by atoms with van der Waals surface area (Å²) in [4.78, 5) is 24.3. The average molecular weight is 413 g/mol. The number of amides is 1. The molecule has 2 atom stereocenters. The smallest absolute Gasteiger partial charge is 0.250 e. The number of nitrogens with zero attached hydrogens (tertiary/aromatic N) is 3. The molecule has 4 heterocycles. The number of hydrogen-bond donors (Lipinski definition) is 1. The summed E-state index contributed by atoms with van der Waals surface area (Å²) < 4.78 is 11.3. The molecular weight excluding hydrogens is 392 g/mol. The Hall–Kier alpha value is -2.64. The molecule has 2 aromatic rings. The number of fused-ring (bicyclic) bond motifs is 4. The quantitative estimate of drug-likeness (QED) is 0.818. The lowest BCUT2D eigenvalue weighted by Gasteiger charge is -2.35. The zero-order valence-electron chi connectivity index (χ0n) is 16.2. The number of aliphatic imine (C=N–C) groups is 1. The summed E-state index contributed by atoms with van der Waals surface area (Å²) >= 11 is 6.06. The molecule has 29 heavy (non-hydrogen) atoms. The van der Waals surface area contributed by atoms with Gasteiger partial charge in [0.1, 0.15) is 23.7 Å². The largest absolute Gasteiger partial charge is 0.491 e. The second-order valence-corrected chi connectivity index (χ2v) is 8.38. The lowest BCUT2D eigenvalue weighted by molar-refractivity contribution is -0.137. The fourth-order valence-electron chi connectivity index (χ4n) is 4.38. The van der Waals surface area contributed by atoms with E-state index >= 15 is 0 Å². The number of ether oxygens (including phenoxy) is 2. The van der Waals surface area contributed by atoms with Gasteiger partial charge in [-0.05, 0) is 30.2 Å². The molecule has 0 saturated heterocycles. The van der Waals surface area contributed by atoms with Gasteiger partial charge in [-0.1, -0.05) is 17.7 Å². The summed E-state index contributed by atoms with van der Waals surface area (Å²) in [5, 5.41) is 0.613. The third-order valence-electron chi connectivity index (χ3n) is 6.05. The number of hydrogen-bond acceptors (Lipinski definition) is 6. The van der Waals surface area contributed by atoms with Crippen molar-refractivity contribution in [3.63, 3.8) is 0 Å². The lowest BCUT2D eigenvalue weighted by atomic mass is 9.85. The predicted octanol–water partition coefficient (Wildman–Crippen LogP) is 2.67. The zero-order chi connectivity index (χ0) is 20.3. The molecule has 0 radical (unpaired) electrons. The molecule has 5 rings (SSSR count). The van der Waals surface area contributed by atoms with Gasteiger partial charge >= 0.3 is 0 Å². The number of carbonyl (C=O) groups excluding carboxylic acids is 1. The van der Waals surface area contributed by atoms with Gasteiger partial charge in [0.25, 0.3) is 5.91 Å². The van der Waals surface area contributed by atoms with Crippen LogP contribution in [0.25, 0.3) is 0 Å². The van der Waals surface area contributed by atoms with Crippen LogP contribution < -0.4 is 10.5 Å². The SMILES string of the molecule is CN(C(=O)C1(C)Cc2c(nc(N)c3c2COC3)C=N1)[C@@H]1COc2cc(Cl)ccc21. The highest BCUT2D eigenvalue weighted by Gasteiger charge is 2.43. The third kappa shape index (κ3) is 2.80. The minimum absolute atomic E-state index is 0.0692. The van der Waals surface area contributed by atoms with Crippen molar-refractivity contribution in [2.45, 2.75) is 38.1 Å². The maximum Gasteiger partial charge on any atom is 0.250 e. The Balaban J connectivity index is 1.45. The summed E-state index contributed by atoms with van der Waals surface area (Å²) in [6, 6.07) is 5.33. The van der Waals surface area contributed by atoms with Gasteiger partial charge in [0.05, 0.1) is 24.9 Å². The van der Waals surface area contributed by atoms with Crippen LogP contribution in [0.2, 0.25) is 5.02 Å². The Labute approximate surface area is 173 Å². The van der Waals surface area contributed by atoms with Crippen molar-refractivity contribution >= 4 is 29.5 Å². The number of halogens is 1. The maximum absolute atomic E-state index is 13.5. The maximum atomic E-state index is 13.5. The number of aromatic nitrogens is 1. The van der Waals surface area contributed by atoms with Crippen LogP contribution in [0, 0.1) is 0 Å². The van der Waals surface area contributed by atoms with Crippen molar-refractivity contribution in [2.75, 3.05) is 19.4 Å². The van der Waals surface area contributed by atoms with Gasteiger partial charge in [-0.15, -0.1) is 0 Å². The van der Waals surface area contributed by atoms with Crippen molar-refractivity contribution in [1.82, 2.24) is 9.88 Å². The first-order chi connectivity index (χ1) is 13.9. The van der Waals surface area contributed by atoms with Crippen LogP contribution in [-0.2, 0) is 29.2 Å². The van der Waals surface area contributed by atoms with E-state index in [4.69, 9.17) is 26.8 Å². The van der Waals surface area contributed by atoms with Crippen molar-refractivity contribution in [1.29, 1.82) is 0 Å². The molecule has 150 valence electrons. The normalized spacial score (nSPS) is 23.9. The number of pyridine rings is 1. The van der Waals surface area contributed by atoms with Crippen LogP contribution in [0.1, 0.15) is 40.9 Å². The highest BCUT2D eigenvalue weighted by Crippen LogP contribution is 2.40. The van der Waals surface area contributed by atoms with Crippen LogP contribution in [0.15, 0.2) is 23.2 Å². The highest BCUT2D eigenvalue weighted by molar-refractivity contribution is 6.30. The van der Waals surface area contributed by atoms with Crippen molar-refractivity contribution < 1.29 is 14.3 Å². The minimum atomic E-state index is -0.926. The molecule has 1 aromatic carbocycles. The minimum Gasteiger partial charge on any atom is -0.491 e. The molecule has 3 aliphatic heterocycles. The van der Waals surface area contributed by atoms with Gasteiger partial charge in [0, 0.05) is 35.8 Å². The van der Waals surface area contributed by atoms with Crippen LogP contribution in [0.4, 0.5) is 5.82 Å². The Bertz CT molecular complexity index is 1070. The summed E-state index contributed by atoms with van der Waals surface area (Å²) in [5.41, 5.74) is 9.79. The van der Waals surface area contributed by atoms with E-state index in [9.17, 15) is 4.79 Å². The molecule has 1 aromatic heterocycles. The number of carbonyl (C=O) groups is 1. The van der Waals surface area contributed by atoms with Gasteiger partial charge in [0.2, 0.25) is 0 Å². The molecule has 0 aliphatic carbocycles. The van der Waals surface area contributed by atoms with E-state index < -0.39 is 5.54 Å². The number of likely N-dealkylation sites (N-methyl/N-ethyl adjacent to an activating group) is 1. The molecule has 3 aliphatic rings. The van der Waals surface area contributed by atoms with Gasteiger partial charge < -0.3 is 20.1 Å². The monoisotopic (exact) mass is 412 g/mol. The zero-order valence-corrected chi connectivity index (χ0v) is 17.0. The molecule has 0 fully saturated rings.